The summed E-state index contributed by atoms with van der Waals surface area (Å²) < 4.78 is 37.8. The average molecular weight is 483 g/mol. The summed E-state index contributed by atoms with van der Waals surface area (Å²) in [5.74, 6) is 1.95. The Hall–Kier alpha value is -3.71. The first-order valence-electron chi connectivity index (χ1n) is 10.4. The Kier molecular flexibility index (Phi) is 6.93. The second-order valence-corrected chi connectivity index (χ2v) is 7.78. The third kappa shape index (κ3) is 4.39. The second kappa shape index (κ2) is 10.1. The third-order valence-corrected chi connectivity index (χ3v) is 5.84. The fourth-order valence-electron chi connectivity index (χ4n) is 3.77. The maximum absolute atomic E-state index is 14.5. The molecular formula is C26H24ClFN2O4. The van der Waals surface area contributed by atoms with Crippen LogP contribution in [0, 0.1) is 5.82 Å². The van der Waals surface area contributed by atoms with Gasteiger partial charge < -0.3 is 18.9 Å². The molecule has 6 nitrogen and oxygen atoms in total. The smallest absolute Gasteiger partial charge is 0.161 e. The van der Waals surface area contributed by atoms with Crippen LogP contribution >= 0.6 is 11.6 Å². The van der Waals surface area contributed by atoms with E-state index in [4.69, 9.17) is 35.6 Å². The van der Waals surface area contributed by atoms with Crippen molar-refractivity contribution in [3.05, 3.63) is 77.1 Å². The van der Waals surface area contributed by atoms with E-state index in [2.05, 4.69) is 0 Å². The maximum atomic E-state index is 14.5. The van der Waals surface area contributed by atoms with Crippen LogP contribution in [0.5, 0.6) is 23.0 Å². The first kappa shape index (κ1) is 23.4. The lowest BCUT2D eigenvalue weighted by molar-refractivity contribution is 0.355. The van der Waals surface area contributed by atoms with Crippen LogP contribution in [0.4, 0.5) is 4.39 Å². The van der Waals surface area contributed by atoms with Crippen molar-refractivity contribution < 1.29 is 23.3 Å². The summed E-state index contributed by atoms with van der Waals surface area (Å²) in [7, 11) is 6.27. The molecular weight excluding hydrogens is 459 g/mol. The Morgan fingerprint density at radius 1 is 0.765 bits per heavy atom. The summed E-state index contributed by atoms with van der Waals surface area (Å²) in [5, 5.41) is 5.18. The van der Waals surface area contributed by atoms with Crippen molar-refractivity contribution in [3.63, 3.8) is 0 Å². The van der Waals surface area contributed by atoms with Crippen molar-refractivity contribution >= 4 is 11.6 Å². The van der Waals surface area contributed by atoms with E-state index in [-0.39, 0.29) is 12.4 Å². The fourth-order valence-corrected chi connectivity index (χ4v) is 4.12. The summed E-state index contributed by atoms with van der Waals surface area (Å²) in [5.41, 5.74) is 3.12. The molecule has 0 saturated heterocycles. The summed E-state index contributed by atoms with van der Waals surface area (Å²) >= 11 is 6.92. The lowest BCUT2D eigenvalue weighted by Gasteiger charge is -2.12. The van der Waals surface area contributed by atoms with Crippen molar-refractivity contribution in [1.29, 1.82) is 0 Å². The van der Waals surface area contributed by atoms with E-state index in [1.54, 1.807) is 69.5 Å². The van der Waals surface area contributed by atoms with Gasteiger partial charge in [0.15, 0.2) is 23.0 Å². The maximum Gasteiger partial charge on any atom is 0.161 e. The molecule has 1 heterocycles. The largest absolute Gasteiger partial charge is 0.493 e. The first-order chi connectivity index (χ1) is 16.5. The van der Waals surface area contributed by atoms with Crippen LogP contribution in [0.2, 0.25) is 5.02 Å². The zero-order chi connectivity index (χ0) is 24.2. The van der Waals surface area contributed by atoms with Crippen molar-refractivity contribution in [2.24, 2.45) is 0 Å². The van der Waals surface area contributed by atoms with Crippen molar-refractivity contribution in [2.45, 2.75) is 6.54 Å². The third-order valence-electron chi connectivity index (χ3n) is 5.49. The van der Waals surface area contributed by atoms with Crippen LogP contribution in [0.3, 0.4) is 0 Å². The van der Waals surface area contributed by atoms with Gasteiger partial charge in [0.25, 0.3) is 0 Å². The van der Waals surface area contributed by atoms with E-state index in [9.17, 15) is 4.39 Å². The highest BCUT2D eigenvalue weighted by atomic mass is 35.5. The highest BCUT2D eigenvalue weighted by Gasteiger charge is 2.22. The van der Waals surface area contributed by atoms with Crippen molar-refractivity contribution in [2.75, 3.05) is 28.4 Å². The molecule has 4 aromatic rings. The predicted octanol–water partition coefficient (Wildman–Crippen LogP) is 6.09. The van der Waals surface area contributed by atoms with Crippen LogP contribution in [-0.2, 0) is 6.54 Å². The Morgan fingerprint density at radius 2 is 1.32 bits per heavy atom. The number of aromatic nitrogens is 2. The molecule has 1 aromatic heterocycles. The first-order valence-corrected chi connectivity index (χ1v) is 10.8. The van der Waals surface area contributed by atoms with Gasteiger partial charge in [-0.15, -0.1) is 0 Å². The van der Waals surface area contributed by atoms with Crippen LogP contribution in [-0.4, -0.2) is 38.2 Å². The van der Waals surface area contributed by atoms with Crippen LogP contribution in [0.1, 0.15) is 5.56 Å². The number of rotatable bonds is 8. The topological polar surface area (TPSA) is 54.7 Å². The molecule has 0 atom stereocenters. The molecule has 0 amide bonds. The van der Waals surface area contributed by atoms with Gasteiger partial charge in [-0.25, -0.2) is 4.39 Å². The minimum absolute atomic E-state index is 0.184. The monoisotopic (exact) mass is 482 g/mol. The van der Waals surface area contributed by atoms with E-state index in [0.29, 0.717) is 45.0 Å². The number of methoxy groups -OCH3 is 4. The normalized spacial score (nSPS) is 10.8. The highest BCUT2D eigenvalue weighted by Crippen LogP contribution is 2.41. The molecule has 0 radical (unpaired) electrons. The molecule has 0 aliphatic carbocycles. The highest BCUT2D eigenvalue weighted by molar-refractivity contribution is 6.35. The van der Waals surface area contributed by atoms with E-state index in [1.165, 1.54) is 6.07 Å². The fraction of sp³-hybridized carbons (Fsp3) is 0.192. The number of ether oxygens (including phenoxy) is 4. The van der Waals surface area contributed by atoms with Gasteiger partial charge >= 0.3 is 0 Å². The predicted molar refractivity (Wildman–Crippen MR) is 130 cm³/mol. The van der Waals surface area contributed by atoms with Gasteiger partial charge in [0.1, 0.15) is 11.5 Å². The number of hydrogen-bond acceptors (Lipinski definition) is 5. The Morgan fingerprint density at radius 3 is 1.91 bits per heavy atom. The summed E-state index contributed by atoms with van der Waals surface area (Å²) in [4.78, 5) is 0. The molecule has 4 rings (SSSR count). The van der Waals surface area contributed by atoms with Gasteiger partial charge in [-0.1, -0.05) is 29.8 Å². The Balaban J connectivity index is 1.91. The van der Waals surface area contributed by atoms with Gasteiger partial charge in [0.05, 0.1) is 45.7 Å². The number of benzene rings is 3. The van der Waals surface area contributed by atoms with E-state index in [1.807, 2.05) is 18.2 Å². The molecule has 0 fully saturated rings. The number of halogens is 2. The SMILES string of the molecule is COc1ccc(-c2nn(Cc3ccccc3F)c(-c3ccc(OC)c(OC)c3)c2Cl)cc1OC. The minimum atomic E-state index is -0.319. The van der Waals surface area contributed by atoms with Crippen LogP contribution in [0.15, 0.2) is 60.7 Å². The molecule has 0 unspecified atom stereocenters. The summed E-state index contributed by atoms with van der Waals surface area (Å²) in [6, 6.07) is 17.5. The van der Waals surface area contributed by atoms with Crippen LogP contribution in [0.25, 0.3) is 22.5 Å². The molecule has 176 valence electrons. The molecule has 0 bridgehead atoms. The van der Waals surface area contributed by atoms with Gasteiger partial charge in [-0.3, -0.25) is 4.68 Å². The van der Waals surface area contributed by atoms with E-state index in [0.717, 1.165) is 11.1 Å². The van der Waals surface area contributed by atoms with Crippen LogP contribution < -0.4 is 18.9 Å². The standard InChI is InChI=1S/C26H24ClFN2O4/c1-31-20-11-9-16(13-22(20)33-3)25-24(27)26(17-10-12-21(32-2)23(14-17)34-4)30(29-25)15-18-7-5-6-8-19(18)28/h5-14H,15H2,1-4H3. The quantitative estimate of drug-likeness (QED) is 0.304. The lowest BCUT2D eigenvalue weighted by Crippen LogP contribution is -2.06. The van der Waals surface area contributed by atoms with Gasteiger partial charge in [0.2, 0.25) is 0 Å². The Bertz CT molecular complexity index is 1320. The second-order valence-electron chi connectivity index (χ2n) is 7.40. The molecule has 0 saturated carbocycles. The van der Waals surface area contributed by atoms with Gasteiger partial charge in [-0.05, 0) is 42.5 Å². The molecule has 0 spiro atoms. The molecule has 0 aliphatic rings. The van der Waals surface area contributed by atoms with Gasteiger partial charge in [-0.2, -0.15) is 5.10 Å². The summed E-state index contributed by atoms with van der Waals surface area (Å²) in [6.45, 7) is 0.184. The average Bonchev–Trinajstić information content (AvgIpc) is 3.19. The molecule has 0 aliphatic heterocycles. The van der Waals surface area contributed by atoms with E-state index >= 15 is 0 Å². The summed E-state index contributed by atoms with van der Waals surface area (Å²) in [6.07, 6.45) is 0. The molecule has 3 aromatic carbocycles. The minimum Gasteiger partial charge on any atom is -0.493 e. The zero-order valence-corrected chi connectivity index (χ0v) is 20.0. The van der Waals surface area contributed by atoms with Crippen molar-refractivity contribution in [3.8, 4) is 45.5 Å². The number of nitrogens with zero attached hydrogens (tertiary/aromatic N) is 2. The van der Waals surface area contributed by atoms with E-state index < -0.39 is 0 Å². The molecule has 34 heavy (non-hydrogen) atoms. The zero-order valence-electron chi connectivity index (χ0n) is 19.3. The lowest BCUT2D eigenvalue weighted by atomic mass is 10.1. The van der Waals surface area contributed by atoms with Crippen molar-refractivity contribution in [1.82, 2.24) is 9.78 Å². The molecule has 8 heteroatoms. The Labute approximate surface area is 202 Å². The molecule has 0 N–H and O–H groups in total. The number of hydrogen-bond donors (Lipinski definition) is 0. The van der Waals surface area contributed by atoms with Gasteiger partial charge in [0, 0.05) is 16.7 Å².